The summed E-state index contributed by atoms with van der Waals surface area (Å²) in [6, 6.07) is 9.92. The molecule has 0 unspecified atom stereocenters. The Morgan fingerprint density at radius 2 is 1.93 bits per heavy atom. The quantitative estimate of drug-likeness (QED) is 0.475. The summed E-state index contributed by atoms with van der Waals surface area (Å²) in [5, 5.41) is 14.0. The molecule has 0 atom stereocenters. The number of hydrogen-bond donors (Lipinski definition) is 1. The zero-order chi connectivity index (χ0) is 19.6. The molecule has 0 aliphatic heterocycles. The van der Waals surface area contributed by atoms with Gasteiger partial charge in [0.05, 0.1) is 25.8 Å². The number of thiazole rings is 1. The van der Waals surface area contributed by atoms with Crippen molar-refractivity contribution in [2.24, 2.45) is 0 Å². The highest BCUT2D eigenvalue weighted by Gasteiger charge is 2.17. The molecule has 1 N–H and O–H groups in total. The number of anilines is 1. The van der Waals surface area contributed by atoms with Crippen molar-refractivity contribution in [1.29, 1.82) is 0 Å². The Bertz CT molecular complexity index is 1130. The summed E-state index contributed by atoms with van der Waals surface area (Å²) in [4.78, 5) is 26.5. The lowest BCUT2D eigenvalue weighted by Crippen LogP contribution is -2.17. The molecule has 0 spiro atoms. The highest BCUT2D eigenvalue weighted by Crippen LogP contribution is 2.29. The number of carbonyl (C=O) groups excluding carboxylic acids is 1. The van der Waals surface area contributed by atoms with Gasteiger partial charge in [-0.1, -0.05) is 22.9 Å². The first kappa shape index (κ1) is 19.2. The van der Waals surface area contributed by atoms with Crippen molar-refractivity contribution < 1.29 is 18.1 Å². The van der Waals surface area contributed by atoms with Crippen LogP contribution in [-0.2, 0) is 14.6 Å². The Morgan fingerprint density at radius 1 is 1.22 bits per heavy atom. The molecule has 2 aromatic carbocycles. The second kappa shape index (κ2) is 7.59. The lowest BCUT2D eigenvalue weighted by Gasteiger charge is -2.04. The van der Waals surface area contributed by atoms with Crippen molar-refractivity contribution in [1.82, 2.24) is 4.98 Å². The number of rotatable bonds is 6. The van der Waals surface area contributed by atoms with Gasteiger partial charge in [0.25, 0.3) is 5.69 Å². The molecule has 0 saturated heterocycles. The van der Waals surface area contributed by atoms with Crippen molar-refractivity contribution in [2.45, 2.75) is 11.3 Å². The maximum absolute atomic E-state index is 12.2. The van der Waals surface area contributed by atoms with Crippen LogP contribution in [-0.4, -0.2) is 30.0 Å². The average Bonchev–Trinajstić information content (AvgIpc) is 3.01. The summed E-state index contributed by atoms with van der Waals surface area (Å²) in [5.41, 5.74) is 0.290. The molecule has 11 heteroatoms. The molecule has 3 rings (SSSR count). The minimum Gasteiger partial charge on any atom is -0.302 e. The molecule has 0 aliphatic carbocycles. The Balaban J connectivity index is 1.66. The Morgan fingerprint density at radius 3 is 2.59 bits per heavy atom. The average molecular weight is 426 g/mol. The molecule has 0 fully saturated rings. The Hall–Kier alpha value is -2.56. The molecule has 0 aliphatic rings. The van der Waals surface area contributed by atoms with Gasteiger partial charge in [-0.05, 0) is 30.3 Å². The van der Waals surface area contributed by atoms with Crippen molar-refractivity contribution in [3.05, 3.63) is 57.6 Å². The van der Waals surface area contributed by atoms with Gasteiger partial charge in [-0.3, -0.25) is 14.9 Å². The molecule has 3 aromatic rings. The largest absolute Gasteiger partial charge is 0.302 e. The first-order valence-electron chi connectivity index (χ1n) is 7.58. The molecule has 27 heavy (non-hydrogen) atoms. The number of carbonyl (C=O) groups is 1. The third kappa shape index (κ3) is 4.59. The fourth-order valence-corrected chi connectivity index (χ4v) is 4.48. The molecule has 140 valence electrons. The molecular formula is C16H12ClN3O5S2. The minimum absolute atomic E-state index is 0.0898. The highest BCUT2D eigenvalue weighted by molar-refractivity contribution is 7.91. The summed E-state index contributed by atoms with van der Waals surface area (Å²) in [6.45, 7) is 0. The Kier molecular flexibility index (Phi) is 5.40. The van der Waals surface area contributed by atoms with Crippen molar-refractivity contribution in [2.75, 3.05) is 11.1 Å². The van der Waals surface area contributed by atoms with Gasteiger partial charge < -0.3 is 5.32 Å². The monoisotopic (exact) mass is 425 g/mol. The summed E-state index contributed by atoms with van der Waals surface area (Å²) in [7, 11) is -3.62. The number of sulfone groups is 1. The molecule has 1 aromatic heterocycles. The van der Waals surface area contributed by atoms with Gasteiger partial charge in [-0.25, -0.2) is 13.4 Å². The predicted octanol–water partition coefficient (Wildman–Crippen LogP) is 3.66. The van der Waals surface area contributed by atoms with Gasteiger partial charge in [-0.2, -0.15) is 0 Å². The highest BCUT2D eigenvalue weighted by atomic mass is 35.5. The first-order chi connectivity index (χ1) is 12.7. The maximum Gasteiger partial charge on any atom is 0.271 e. The van der Waals surface area contributed by atoms with E-state index in [4.69, 9.17) is 11.6 Å². The molecule has 1 heterocycles. The van der Waals surface area contributed by atoms with Crippen LogP contribution in [0.1, 0.15) is 6.42 Å². The lowest BCUT2D eigenvalue weighted by atomic mass is 10.3. The van der Waals surface area contributed by atoms with E-state index in [0.717, 1.165) is 11.3 Å². The van der Waals surface area contributed by atoms with Gasteiger partial charge in [0.15, 0.2) is 15.0 Å². The van der Waals surface area contributed by atoms with Crippen LogP contribution in [0.4, 0.5) is 10.8 Å². The summed E-state index contributed by atoms with van der Waals surface area (Å²) >= 11 is 6.89. The number of aromatic nitrogens is 1. The van der Waals surface area contributed by atoms with Crippen LogP contribution in [0.25, 0.3) is 10.2 Å². The fraction of sp³-hybridized carbons (Fsp3) is 0.125. The van der Waals surface area contributed by atoms with Gasteiger partial charge in [0, 0.05) is 23.6 Å². The molecular weight excluding hydrogens is 414 g/mol. The number of benzene rings is 2. The van der Waals surface area contributed by atoms with Crippen LogP contribution in [0.2, 0.25) is 5.02 Å². The number of nitro benzene ring substituents is 1. The first-order valence-corrected chi connectivity index (χ1v) is 10.4. The zero-order valence-corrected chi connectivity index (χ0v) is 16.0. The topological polar surface area (TPSA) is 119 Å². The van der Waals surface area contributed by atoms with Crippen LogP contribution in [0.15, 0.2) is 47.4 Å². The third-order valence-corrected chi connectivity index (χ3v) is 6.53. The normalized spacial score (nSPS) is 11.4. The van der Waals surface area contributed by atoms with E-state index in [2.05, 4.69) is 10.3 Å². The van der Waals surface area contributed by atoms with Gasteiger partial charge in [0.2, 0.25) is 5.91 Å². The van der Waals surface area contributed by atoms with Gasteiger partial charge >= 0.3 is 0 Å². The van der Waals surface area contributed by atoms with Crippen LogP contribution in [0, 0.1) is 10.1 Å². The van der Waals surface area contributed by atoms with Crippen LogP contribution in [0.5, 0.6) is 0 Å². The van der Waals surface area contributed by atoms with E-state index in [1.165, 1.54) is 36.4 Å². The SMILES string of the molecule is O=C(CCS(=O)(=O)c1ccc(Cl)cc1)Nc1nc2cc([N+](=O)[O-])ccc2s1. The third-order valence-electron chi connectivity index (χ3n) is 3.60. The summed E-state index contributed by atoms with van der Waals surface area (Å²) in [5.74, 6) is -0.877. The van der Waals surface area contributed by atoms with E-state index < -0.39 is 20.7 Å². The second-order valence-electron chi connectivity index (χ2n) is 5.50. The number of hydrogen-bond acceptors (Lipinski definition) is 7. The van der Waals surface area contributed by atoms with Crippen LogP contribution in [0.3, 0.4) is 0 Å². The number of halogens is 1. The summed E-state index contributed by atoms with van der Waals surface area (Å²) < 4.78 is 25.2. The molecule has 1 amide bonds. The van der Waals surface area contributed by atoms with Gasteiger partial charge in [-0.15, -0.1) is 0 Å². The van der Waals surface area contributed by atoms with Gasteiger partial charge in [0.1, 0.15) is 0 Å². The maximum atomic E-state index is 12.2. The lowest BCUT2D eigenvalue weighted by molar-refractivity contribution is -0.384. The number of nitrogens with zero attached hydrogens (tertiary/aromatic N) is 2. The van der Waals surface area contributed by atoms with E-state index in [1.807, 2.05) is 0 Å². The van der Waals surface area contributed by atoms with E-state index in [-0.39, 0.29) is 27.9 Å². The van der Waals surface area contributed by atoms with E-state index in [0.29, 0.717) is 15.2 Å². The Labute approximate surface area is 162 Å². The van der Waals surface area contributed by atoms with Crippen LogP contribution >= 0.6 is 22.9 Å². The predicted molar refractivity (Wildman–Crippen MR) is 103 cm³/mol. The van der Waals surface area contributed by atoms with Crippen molar-refractivity contribution in [3.63, 3.8) is 0 Å². The molecule has 0 bridgehead atoms. The molecule has 8 nitrogen and oxygen atoms in total. The van der Waals surface area contributed by atoms with Crippen LogP contribution < -0.4 is 5.32 Å². The fourth-order valence-electron chi connectivity index (χ4n) is 2.25. The van der Waals surface area contributed by atoms with Crippen molar-refractivity contribution >= 4 is 59.7 Å². The zero-order valence-electron chi connectivity index (χ0n) is 13.6. The standard InChI is InChI=1S/C16H12ClN3O5S2/c17-10-1-4-12(5-2-10)27(24,25)8-7-15(21)19-16-18-13-9-11(20(22)23)3-6-14(13)26-16/h1-6,9H,7-8H2,(H,18,19,21). The molecule has 0 saturated carbocycles. The number of nitro groups is 1. The number of nitrogens with one attached hydrogen (secondary N) is 1. The smallest absolute Gasteiger partial charge is 0.271 e. The van der Waals surface area contributed by atoms with Crippen molar-refractivity contribution in [3.8, 4) is 0 Å². The number of fused-ring (bicyclic) bond motifs is 1. The van der Waals surface area contributed by atoms with E-state index in [9.17, 15) is 23.3 Å². The minimum atomic E-state index is -3.62. The number of amides is 1. The van der Waals surface area contributed by atoms with E-state index >= 15 is 0 Å². The molecule has 0 radical (unpaired) electrons. The van der Waals surface area contributed by atoms with E-state index in [1.54, 1.807) is 6.07 Å². The number of non-ortho nitro benzene ring substituents is 1. The summed E-state index contributed by atoms with van der Waals surface area (Å²) in [6.07, 6.45) is -0.249. The second-order valence-corrected chi connectivity index (χ2v) is 9.08.